The van der Waals surface area contributed by atoms with E-state index in [2.05, 4.69) is 11.8 Å². The Hall–Kier alpha value is -1.90. The number of aliphatic hydroxyl groups excluding tert-OH is 1. The van der Waals surface area contributed by atoms with Crippen molar-refractivity contribution in [3.8, 4) is 11.8 Å². The van der Waals surface area contributed by atoms with E-state index in [1.54, 1.807) is 20.8 Å². The van der Waals surface area contributed by atoms with Crippen molar-refractivity contribution in [3.05, 3.63) is 35.1 Å². The fraction of sp³-hybridized carbons (Fsp3) is 0.438. The quantitative estimate of drug-likeness (QED) is 0.825. The molecular formula is C16H20FNO3. The van der Waals surface area contributed by atoms with Gasteiger partial charge in [0, 0.05) is 18.7 Å². The monoisotopic (exact) mass is 293 g/mol. The van der Waals surface area contributed by atoms with E-state index in [4.69, 9.17) is 5.11 Å². The Labute approximate surface area is 124 Å². The van der Waals surface area contributed by atoms with Gasteiger partial charge in [0.1, 0.15) is 12.4 Å². The van der Waals surface area contributed by atoms with E-state index < -0.39 is 17.3 Å². The molecule has 0 aliphatic rings. The lowest BCUT2D eigenvalue weighted by Gasteiger charge is -2.28. The maximum Gasteiger partial charge on any atom is 0.256 e. The van der Waals surface area contributed by atoms with Gasteiger partial charge < -0.3 is 15.1 Å². The summed E-state index contributed by atoms with van der Waals surface area (Å²) < 4.78 is 14.0. The maximum atomic E-state index is 14.0. The first-order valence-electron chi connectivity index (χ1n) is 6.69. The number of carbonyl (C=O) groups is 1. The molecule has 2 N–H and O–H groups in total. The Morgan fingerprint density at radius 1 is 1.43 bits per heavy atom. The van der Waals surface area contributed by atoms with Crippen LogP contribution in [0.15, 0.2) is 18.2 Å². The molecule has 21 heavy (non-hydrogen) atoms. The minimum Gasteiger partial charge on any atom is -0.389 e. The Morgan fingerprint density at radius 3 is 2.57 bits per heavy atom. The lowest BCUT2D eigenvalue weighted by atomic mass is 10.1. The maximum absolute atomic E-state index is 14.0. The second-order valence-corrected chi connectivity index (χ2v) is 5.29. The smallest absolute Gasteiger partial charge is 0.256 e. The van der Waals surface area contributed by atoms with Gasteiger partial charge in [-0.1, -0.05) is 11.8 Å². The molecule has 0 saturated heterocycles. The minimum atomic E-state index is -1.05. The van der Waals surface area contributed by atoms with Crippen molar-refractivity contribution < 1.29 is 19.4 Å². The van der Waals surface area contributed by atoms with Crippen LogP contribution < -0.4 is 0 Å². The van der Waals surface area contributed by atoms with Gasteiger partial charge in [-0.2, -0.15) is 0 Å². The zero-order valence-corrected chi connectivity index (χ0v) is 12.5. The Bertz CT molecular complexity index is 567. The van der Waals surface area contributed by atoms with Gasteiger partial charge in [-0.3, -0.25) is 4.79 Å². The van der Waals surface area contributed by atoms with Gasteiger partial charge in [0.05, 0.1) is 11.2 Å². The highest BCUT2D eigenvalue weighted by molar-refractivity contribution is 5.94. The third kappa shape index (κ3) is 5.18. The van der Waals surface area contributed by atoms with E-state index in [0.717, 1.165) is 6.07 Å². The Morgan fingerprint density at radius 2 is 2.10 bits per heavy atom. The van der Waals surface area contributed by atoms with Crippen LogP contribution in [-0.4, -0.2) is 46.3 Å². The molecule has 0 atom stereocenters. The molecule has 0 aliphatic heterocycles. The molecule has 0 radical (unpaired) electrons. The molecule has 0 unspecified atom stereocenters. The second kappa shape index (κ2) is 7.21. The number of halogens is 1. The highest BCUT2D eigenvalue weighted by atomic mass is 19.1. The summed E-state index contributed by atoms with van der Waals surface area (Å²) in [4.78, 5) is 13.7. The number of amides is 1. The minimum absolute atomic E-state index is 0.0596. The SMILES string of the molecule is CCN(CC(C)(C)O)C(=O)c1ccc(C#CCO)cc1F. The van der Waals surface area contributed by atoms with Gasteiger partial charge in [-0.25, -0.2) is 4.39 Å². The summed E-state index contributed by atoms with van der Waals surface area (Å²) in [5, 5.41) is 18.4. The van der Waals surface area contributed by atoms with Crippen LogP contribution in [0.25, 0.3) is 0 Å². The predicted octanol–water partition coefficient (Wildman–Crippen LogP) is 1.40. The summed E-state index contributed by atoms with van der Waals surface area (Å²) in [5.74, 6) is 3.85. The van der Waals surface area contributed by atoms with E-state index in [0.29, 0.717) is 12.1 Å². The molecule has 4 nitrogen and oxygen atoms in total. The lowest BCUT2D eigenvalue weighted by molar-refractivity contribution is 0.0312. The standard InChI is InChI=1S/C16H20FNO3/c1-4-18(11-16(2,3)21)15(20)13-8-7-12(6-5-9-19)10-14(13)17/h7-8,10,19,21H,4,9,11H2,1-3H3. The van der Waals surface area contributed by atoms with Crippen molar-refractivity contribution >= 4 is 5.91 Å². The molecular weight excluding hydrogens is 273 g/mol. The van der Waals surface area contributed by atoms with Gasteiger partial charge in [0.2, 0.25) is 0 Å². The number of hydrogen-bond acceptors (Lipinski definition) is 3. The van der Waals surface area contributed by atoms with Crippen LogP contribution in [0.2, 0.25) is 0 Å². The third-order valence-corrected chi connectivity index (χ3v) is 2.76. The number of likely N-dealkylation sites (N-methyl/N-ethyl adjacent to an activating group) is 1. The zero-order valence-electron chi connectivity index (χ0n) is 12.5. The topological polar surface area (TPSA) is 60.8 Å². The Balaban J connectivity index is 3.01. The third-order valence-electron chi connectivity index (χ3n) is 2.76. The largest absolute Gasteiger partial charge is 0.389 e. The van der Waals surface area contributed by atoms with Gasteiger partial charge in [-0.15, -0.1) is 0 Å². The first-order valence-corrected chi connectivity index (χ1v) is 6.69. The van der Waals surface area contributed by atoms with E-state index in [1.807, 2.05) is 0 Å². The summed E-state index contributed by atoms with van der Waals surface area (Å²) in [5.41, 5.74) is -0.714. The van der Waals surface area contributed by atoms with Crippen molar-refractivity contribution in [3.63, 3.8) is 0 Å². The number of hydrogen-bond donors (Lipinski definition) is 2. The van der Waals surface area contributed by atoms with Gasteiger partial charge >= 0.3 is 0 Å². The fourth-order valence-electron chi connectivity index (χ4n) is 1.87. The number of rotatable bonds is 4. The van der Waals surface area contributed by atoms with Crippen molar-refractivity contribution in [1.29, 1.82) is 0 Å². The molecule has 0 fully saturated rings. The zero-order chi connectivity index (χ0) is 16.0. The van der Waals surface area contributed by atoms with Gasteiger partial charge in [0.25, 0.3) is 5.91 Å². The van der Waals surface area contributed by atoms with E-state index in [9.17, 15) is 14.3 Å². The van der Waals surface area contributed by atoms with Crippen LogP contribution in [0, 0.1) is 17.7 Å². The molecule has 0 aromatic heterocycles. The van der Waals surface area contributed by atoms with Crippen LogP contribution in [0.5, 0.6) is 0 Å². The second-order valence-electron chi connectivity index (χ2n) is 5.29. The van der Waals surface area contributed by atoms with Gasteiger partial charge in [-0.05, 0) is 39.0 Å². The molecule has 0 bridgehead atoms. The summed E-state index contributed by atoms with van der Waals surface area (Å²) in [6.07, 6.45) is 0. The van der Waals surface area contributed by atoms with Crippen LogP contribution in [0.4, 0.5) is 4.39 Å². The van der Waals surface area contributed by atoms with Crippen molar-refractivity contribution in [2.45, 2.75) is 26.4 Å². The van der Waals surface area contributed by atoms with Crippen LogP contribution >= 0.6 is 0 Å². The van der Waals surface area contributed by atoms with Crippen molar-refractivity contribution in [2.24, 2.45) is 0 Å². The average molecular weight is 293 g/mol. The first kappa shape index (κ1) is 17.2. The molecule has 1 rings (SSSR count). The summed E-state index contributed by atoms with van der Waals surface area (Å²) in [6.45, 7) is 5.13. The van der Waals surface area contributed by atoms with Crippen LogP contribution in [0.3, 0.4) is 0 Å². The predicted molar refractivity (Wildman–Crippen MR) is 78.2 cm³/mol. The van der Waals surface area contributed by atoms with Gasteiger partial charge in [0.15, 0.2) is 0 Å². The van der Waals surface area contributed by atoms with Crippen molar-refractivity contribution in [2.75, 3.05) is 19.7 Å². The molecule has 1 amide bonds. The normalized spacial score (nSPS) is 10.8. The number of nitrogens with zero attached hydrogens (tertiary/aromatic N) is 1. The van der Waals surface area contributed by atoms with Crippen LogP contribution in [0.1, 0.15) is 36.7 Å². The highest BCUT2D eigenvalue weighted by Crippen LogP contribution is 2.15. The molecule has 5 heteroatoms. The van der Waals surface area contributed by atoms with E-state index in [-0.39, 0.29) is 18.7 Å². The molecule has 0 aliphatic carbocycles. The number of carbonyl (C=O) groups excluding carboxylic acids is 1. The van der Waals surface area contributed by atoms with Crippen molar-refractivity contribution in [1.82, 2.24) is 4.90 Å². The number of aliphatic hydroxyl groups is 2. The highest BCUT2D eigenvalue weighted by Gasteiger charge is 2.24. The average Bonchev–Trinajstić information content (AvgIpc) is 2.41. The summed E-state index contributed by atoms with van der Waals surface area (Å²) in [7, 11) is 0. The molecule has 1 aromatic rings. The molecule has 1 aromatic carbocycles. The summed E-state index contributed by atoms with van der Waals surface area (Å²) in [6, 6.07) is 4.05. The Kier molecular flexibility index (Phi) is 5.89. The van der Waals surface area contributed by atoms with E-state index in [1.165, 1.54) is 17.0 Å². The molecule has 114 valence electrons. The molecule has 0 saturated carbocycles. The lowest BCUT2D eigenvalue weighted by Crippen LogP contribution is -2.42. The fourth-order valence-corrected chi connectivity index (χ4v) is 1.87. The molecule has 0 heterocycles. The van der Waals surface area contributed by atoms with Crippen LogP contribution in [-0.2, 0) is 0 Å². The van der Waals surface area contributed by atoms with E-state index >= 15 is 0 Å². The molecule has 0 spiro atoms. The number of benzene rings is 1. The summed E-state index contributed by atoms with van der Waals surface area (Å²) >= 11 is 0. The first-order chi connectivity index (χ1) is 9.78.